The maximum absolute atomic E-state index is 12.6. The zero-order valence-electron chi connectivity index (χ0n) is 21.4. The van der Waals surface area contributed by atoms with Crippen LogP contribution in [0.1, 0.15) is 50.9 Å². The largest absolute Gasteiger partial charge is 0.507 e. The van der Waals surface area contributed by atoms with Crippen molar-refractivity contribution in [3.8, 4) is 17.0 Å². The highest BCUT2D eigenvalue weighted by Gasteiger charge is 2.39. The zero-order chi connectivity index (χ0) is 25.8. The summed E-state index contributed by atoms with van der Waals surface area (Å²) in [6.45, 7) is 9.10. The van der Waals surface area contributed by atoms with Crippen molar-refractivity contribution < 1.29 is 9.90 Å². The lowest BCUT2D eigenvalue weighted by Crippen LogP contribution is -2.62. The van der Waals surface area contributed by atoms with Crippen molar-refractivity contribution in [2.24, 2.45) is 0 Å². The second kappa shape index (κ2) is 10.4. The minimum atomic E-state index is -0.310. The van der Waals surface area contributed by atoms with E-state index in [1.807, 2.05) is 19.2 Å². The topological polar surface area (TPSA) is 126 Å². The fourth-order valence-corrected chi connectivity index (χ4v) is 4.88. The molecule has 0 atom stereocenters. The van der Waals surface area contributed by atoms with E-state index in [0.29, 0.717) is 28.4 Å². The summed E-state index contributed by atoms with van der Waals surface area (Å²) in [6.07, 6.45) is 4.80. The molecule has 1 saturated heterocycles. The molecule has 0 unspecified atom stereocenters. The van der Waals surface area contributed by atoms with Gasteiger partial charge < -0.3 is 31.4 Å². The minimum Gasteiger partial charge on any atom is -0.507 e. The van der Waals surface area contributed by atoms with Crippen LogP contribution >= 0.6 is 0 Å². The molecule has 2 heterocycles. The maximum Gasteiger partial charge on any atom is 0.251 e. The molecular weight excluding hydrogens is 442 g/mol. The number of aromatic nitrogens is 2. The van der Waals surface area contributed by atoms with E-state index in [1.165, 1.54) is 12.3 Å². The molecule has 1 aliphatic heterocycles. The predicted octanol–water partition coefficient (Wildman–Crippen LogP) is 3.08. The summed E-state index contributed by atoms with van der Waals surface area (Å²) in [5.41, 5.74) is 1.96. The lowest BCUT2D eigenvalue weighted by molar-refractivity contribution is 0.0957. The first-order valence-corrected chi connectivity index (χ1v) is 11.8. The van der Waals surface area contributed by atoms with Gasteiger partial charge in [0.25, 0.3) is 5.91 Å². The summed E-state index contributed by atoms with van der Waals surface area (Å²) in [7, 11) is 3.77. The van der Waals surface area contributed by atoms with Crippen molar-refractivity contribution in [2.45, 2.75) is 57.7 Å². The fourth-order valence-electron chi connectivity index (χ4n) is 4.88. The van der Waals surface area contributed by atoms with Gasteiger partial charge >= 0.3 is 0 Å². The number of nitrogens with one attached hydrogen (secondary N) is 4. The molecule has 1 aromatic heterocycles. The Morgan fingerprint density at radius 1 is 1.20 bits per heavy atom. The molecule has 2 aromatic rings. The number of amides is 1. The molecule has 1 amide bonds. The maximum atomic E-state index is 12.6. The standard InChI is InChI=1S/C26H37N7O2/c1-25(2)12-19(13-26(3,4)32-25)33(6)23-10-8-21(30-31-23)20-11-18(7-9-22(20)34)24(35)29-16-17(14-27)15-28-5/h7-11,14-15,19,27-28,32,34H,12-13,16H2,1-6H3,(H,29,35)/b17-15+,27-14?. The van der Waals surface area contributed by atoms with Gasteiger partial charge in [0, 0.05) is 66.9 Å². The average molecular weight is 480 g/mol. The van der Waals surface area contributed by atoms with E-state index in [4.69, 9.17) is 5.41 Å². The Labute approximate surface area is 207 Å². The molecule has 1 fully saturated rings. The summed E-state index contributed by atoms with van der Waals surface area (Å²) in [5.74, 6) is 0.473. The van der Waals surface area contributed by atoms with Gasteiger partial charge in [-0.05, 0) is 70.9 Å². The lowest BCUT2D eigenvalue weighted by Gasteiger charge is -2.49. The summed E-state index contributed by atoms with van der Waals surface area (Å²) >= 11 is 0. The van der Waals surface area contributed by atoms with E-state index in [0.717, 1.165) is 18.7 Å². The molecule has 0 spiro atoms. The van der Waals surface area contributed by atoms with Gasteiger partial charge in [-0.3, -0.25) is 4.79 Å². The normalized spacial score (nSPS) is 17.5. The number of benzene rings is 1. The first-order chi connectivity index (χ1) is 16.4. The van der Waals surface area contributed by atoms with Crippen LogP contribution in [0.4, 0.5) is 5.82 Å². The van der Waals surface area contributed by atoms with Crippen LogP contribution in [0.2, 0.25) is 0 Å². The van der Waals surface area contributed by atoms with Crippen molar-refractivity contribution in [3.05, 3.63) is 47.7 Å². The van der Waals surface area contributed by atoms with Crippen LogP contribution in [0.5, 0.6) is 5.75 Å². The van der Waals surface area contributed by atoms with E-state index in [-0.39, 0.29) is 29.3 Å². The quantitative estimate of drug-likeness (QED) is 0.368. The van der Waals surface area contributed by atoms with E-state index < -0.39 is 0 Å². The molecule has 188 valence electrons. The Balaban J connectivity index is 1.77. The minimum absolute atomic E-state index is 0.0170. The van der Waals surface area contributed by atoms with Crippen LogP contribution in [0, 0.1) is 5.41 Å². The van der Waals surface area contributed by atoms with Gasteiger partial charge in [0.05, 0.1) is 5.69 Å². The van der Waals surface area contributed by atoms with Gasteiger partial charge in [-0.25, -0.2) is 0 Å². The van der Waals surface area contributed by atoms with Crippen molar-refractivity contribution in [1.29, 1.82) is 5.41 Å². The third-order valence-corrected chi connectivity index (χ3v) is 6.23. The number of phenolic OH excluding ortho intramolecular Hbond substituents is 1. The van der Waals surface area contributed by atoms with E-state index in [1.54, 1.807) is 25.4 Å². The molecule has 1 aliphatic rings. The van der Waals surface area contributed by atoms with Crippen LogP contribution in [0.15, 0.2) is 42.1 Å². The summed E-state index contributed by atoms with van der Waals surface area (Å²) < 4.78 is 0. The highest BCUT2D eigenvalue weighted by Crippen LogP contribution is 2.33. The summed E-state index contributed by atoms with van der Waals surface area (Å²) in [5, 5.41) is 36.0. The molecule has 3 rings (SSSR count). The third kappa shape index (κ3) is 6.57. The zero-order valence-corrected chi connectivity index (χ0v) is 21.4. The number of carbonyl (C=O) groups excluding carboxylic acids is 1. The molecule has 1 aromatic carbocycles. The number of piperidine rings is 1. The number of anilines is 1. The highest BCUT2D eigenvalue weighted by atomic mass is 16.3. The van der Waals surface area contributed by atoms with Crippen LogP contribution < -0.4 is 20.9 Å². The number of rotatable bonds is 8. The molecular formula is C26H37N7O2. The molecule has 0 aliphatic carbocycles. The van der Waals surface area contributed by atoms with Gasteiger partial charge in [0.15, 0.2) is 5.82 Å². The Kier molecular flexibility index (Phi) is 7.80. The summed E-state index contributed by atoms with van der Waals surface area (Å²) in [4.78, 5) is 14.8. The average Bonchev–Trinajstić information content (AvgIpc) is 2.79. The molecule has 0 radical (unpaired) electrons. The first-order valence-electron chi connectivity index (χ1n) is 11.8. The third-order valence-electron chi connectivity index (χ3n) is 6.23. The highest BCUT2D eigenvalue weighted by molar-refractivity contribution is 5.96. The van der Waals surface area contributed by atoms with Gasteiger partial charge in [-0.15, -0.1) is 10.2 Å². The number of hydrogen-bond acceptors (Lipinski definition) is 8. The smallest absolute Gasteiger partial charge is 0.251 e. The van der Waals surface area contributed by atoms with Gasteiger partial charge in [0.1, 0.15) is 5.75 Å². The van der Waals surface area contributed by atoms with Gasteiger partial charge in [-0.2, -0.15) is 0 Å². The van der Waals surface area contributed by atoms with Crippen LogP contribution in [0.25, 0.3) is 11.3 Å². The molecule has 0 bridgehead atoms. The number of hydrogen-bond donors (Lipinski definition) is 5. The number of phenols is 1. The summed E-state index contributed by atoms with van der Waals surface area (Å²) in [6, 6.07) is 8.65. The molecule has 5 N–H and O–H groups in total. The van der Waals surface area contributed by atoms with Gasteiger partial charge in [-0.1, -0.05) is 0 Å². The van der Waals surface area contributed by atoms with Crippen molar-refractivity contribution >= 4 is 17.9 Å². The monoisotopic (exact) mass is 479 g/mol. The van der Waals surface area contributed by atoms with E-state index in [9.17, 15) is 9.90 Å². The van der Waals surface area contributed by atoms with E-state index >= 15 is 0 Å². The van der Waals surface area contributed by atoms with Crippen LogP contribution in [-0.2, 0) is 0 Å². The molecule has 9 nitrogen and oxygen atoms in total. The Morgan fingerprint density at radius 2 is 1.89 bits per heavy atom. The second-order valence-electron chi connectivity index (χ2n) is 10.4. The Bertz CT molecular complexity index is 1080. The number of aromatic hydroxyl groups is 1. The fraction of sp³-hybridized carbons (Fsp3) is 0.462. The second-order valence-corrected chi connectivity index (χ2v) is 10.4. The molecule has 9 heteroatoms. The van der Waals surface area contributed by atoms with Crippen LogP contribution in [0.3, 0.4) is 0 Å². The lowest BCUT2D eigenvalue weighted by atomic mass is 9.79. The van der Waals surface area contributed by atoms with Crippen molar-refractivity contribution in [3.63, 3.8) is 0 Å². The number of carbonyl (C=O) groups is 1. The molecule has 35 heavy (non-hydrogen) atoms. The van der Waals surface area contributed by atoms with Crippen LogP contribution in [-0.4, -0.2) is 65.2 Å². The van der Waals surface area contributed by atoms with Crippen molar-refractivity contribution in [2.75, 3.05) is 25.5 Å². The Hall–Kier alpha value is -3.46. The van der Waals surface area contributed by atoms with Crippen molar-refractivity contribution in [1.82, 2.24) is 26.1 Å². The van der Waals surface area contributed by atoms with Gasteiger partial charge in [0.2, 0.25) is 0 Å². The SMILES string of the molecule is CN/C=C(\C=N)CNC(=O)c1ccc(O)c(-c2ccc(N(C)C3CC(C)(C)NC(C)(C)C3)nn2)c1. The Morgan fingerprint density at radius 3 is 2.46 bits per heavy atom. The van der Waals surface area contributed by atoms with E-state index in [2.05, 4.69) is 58.7 Å². The molecule has 0 saturated carbocycles. The number of nitrogens with zero attached hydrogens (tertiary/aromatic N) is 3. The first kappa shape index (κ1) is 26.2. The predicted molar refractivity (Wildman–Crippen MR) is 140 cm³/mol.